The summed E-state index contributed by atoms with van der Waals surface area (Å²) in [5, 5.41) is 0. The molecule has 0 N–H and O–H groups in total. The Balaban J connectivity index is 1.71. The van der Waals surface area contributed by atoms with Crippen LogP contribution in [-0.2, 0) is 25.0 Å². The standard InChI is InChI=1S/C28H34O4/c1-17-15-21-22(27(4,5)24-23(26(21,2)3)31-28(6,7)32-24)16-20(17)14-11-18-9-12-19(13-10-18)25(29)30-8/h9-16,23-24H,1-8H3/b14-11+/t23?,24-/m0/s1. The van der Waals surface area contributed by atoms with Crippen molar-refractivity contribution in [1.82, 2.24) is 0 Å². The lowest BCUT2D eigenvalue weighted by atomic mass is 9.59. The lowest BCUT2D eigenvalue weighted by Gasteiger charge is -2.48. The van der Waals surface area contributed by atoms with E-state index in [1.807, 2.05) is 26.0 Å². The molecule has 0 amide bonds. The van der Waals surface area contributed by atoms with Gasteiger partial charge >= 0.3 is 5.97 Å². The van der Waals surface area contributed by atoms with Gasteiger partial charge in [0.05, 0.1) is 24.9 Å². The van der Waals surface area contributed by atoms with E-state index in [1.165, 1.54) is 29.4 Å². The number of esters is 1. The maximum absolute atomic E-state index is 11.7. The van der Waals surface area contributed by atoms with Crippen molar-refractivity contribution in [1.29, 1.82) is 0 Å². The SMILES string of the molecule is COC(=O)c1ccc(/C=C/c2cc3c(cc2C)C(C)(C)C2OC(C)(C)O[C@@H]2C3(C)C)cc1. The Morgan fingerprint density at radius 2 is 1.41 bits per heavy atom. The molecule has 2 aromatic carbocycles. The van der Waals surface area contributed by atoms with Gasteiger partial charge in [0.1, 0.15) is 0 Å². The van der Waals surface area contributed by atoms with Crippen LogP contribution in [0.5, 0.6) is 0 Å². The van der Waals surface area contributed by atoms with Crippen LogP contribution in [0.15, 0.2) is 36.4 Å². The van der Waals surface area contributed by atoms with Gasteiger partial charge in [-0.25, -0.2) is 4.79 Å². The van der Waals surface area contributed by atoms with Gasteiger partial charge in [-0.2, -0.15) is 0 Å². The Labute approximate surface area is 191 Å². The molecule has 4 rings (SSSR count). The van der Waals surface area contributed by atoms with Gasteiger partial charge in [0.2, 0.25) is 0 Å². The molecule has 1 saturated heterocycles. The summed E-state index contributed by atoms with van der Waals surface area (Å²) in [5.74, 6) is -0.907. The van der Waals surface area contributed by atoms with E-state index < -0.39 is 5.79 Å². The third-order valence-electron chi connectivity index (χ3n) is 7.10. The summed E-state index contributed by atoms with van der Waals surface area (Å²) in [5.41, 5.74) is 6.31. The average molecular weight is 435 g/mol. The monoisotopic (exact) mass is 434 g/mol. The van der Waals surface area contributed by atoms with Crippen LogP contribution in [0, 0.1) is 6.92 Å². The number of ether oxygens (including phenoxy) is 3. The first-order valence-electron chi connectivity index (χ1n) is 11.2. The third-order valence-corrected chi connectivity index (χ3v) is 7.10. The van der Waals surface area contributed by atoms with Crippen molar-refractivity contribution in [3.63, 3.8) is 0 Å². The predicted molar refractivity (Wildman–Crippen MR) is 128 cm³/mol. The lowest BCUT2D eigenvalue weighted by Crippen LogP contribution is -2.54. The van der Waals surface area contributed by atoms with Gasteiger partial charge in [-0.1, -0.05) is 64.1 Å². The number of carbonyl (C=O) groups is 1. The molecule has 0 bridgehead atoms. The van der Waals surface area contributed by atoms with Crippen LogP contribution in [0.2, 0.25) is 0 Å². The van der Waals surface area contributed by atoms with Crippen LogP contribution in [0.1, 0.15) is 79.7 Å². The van der Waals surface area contributed by atoms with Crippen LogP contribution in [0.3, 0.4) is 0 Å². The van der Waals surface area contributed by atoms with E-state index in [1.54, 1.807) is 12.1 Å². The normalized spacial score (nSPS) is 24.8. The molecule has 0 saturated carbocycles. The first-order chi connectivity index (χ1) is 14.9. The molecule has 170 valence electrons. The number of carbonyl (C=O) groups excluding carboxylic acids is 1. The van der Waals surface area contributed by atoms with Crippen LogP contribution >= 0.6 is 0 Å². The molecule has 1 unspecified atom stereocenters. The van der Waals surface area contributed by atoms with Gasteiger partial charge < -0.3 is 14.2 Å². The van der Waals surface area contributed by atoms with Gasteiger partial charge in [-0.05, 0) is 60.7 Å². The molecule has 4 nitrogen and oxygen atoms in total. The van der Waals surface area contributed by atoms with Gasteiger partial charge in [-0.3, -0.25) is 0 Å². The molecule has 2 atom stereocenters. The number of hydrogen-bond donors (Lipinski definition) is 0. The molecule has 2 aromatic rings. The van der Waals surface area contributed by atoms with Crippen LogP contribution in [0.4, 0.5) is 0 Å². The summed E-state index contributed by atoms with van der Waals surface area (Å²) in [4.78, 5) is 11.7. The summed E-state index contributed by atoms with van der Waals surface area (Å²) >= 11 is 0. The van der Waals surface area contributed by atoms with E-state index in [0.717, 1.165) is 5.56 Å². The summed E-state index contributed by atoms with van der Waals surface area (Å²) in [6.45, 7) is 15.2. The van der Waals surface area contributed by atoms with Gasteiger partial charge in [0, 0.05) is 10.8 Å². The number of aryl methyl sites for hydroxylation is 1. The second-order valence-corrected chi connectivity index (χ2v) is 10.6. The van der Waals surface area contributed by atoms with Crippen molar-refractivity contribution in [3.8, 4) is 0 Å². The first kappa shape index (κ1) is 22.8. The zero-order chi connectivity index (χ0) is 23.5. The van der Waals surface area contributed by atoms with Gasteiger partial charge in [-0.15, -0.1) is 0 Å². The van der Waals surface area contributed by atoms with Crippen molar-refractivity contribution in [2.24, 2.45) is 0 Å². The second-order valence-electron chi connectivity index (χ2n) is 10.6. The molecule has 0 spiro atoms. The van der Waals surface area contributed by atoms with Crippen molar-refractivity contribution in [3.05, 3.63) is 69.8 Å². The molecule has 1 fully saturated rings. The van der Waals surface area contributed by atoms with E-state index in [2.05, 4.69) is 58.9 Å². The van der Waals surface area contributed by atoms with Crippen molar-refractivity contribution >= 4 is 18.1 Å². The minimum Gasteiger partial charge on any atom is -0.465 e. The van der Waals surface area contributed by atoms with Crippen LogP contribution in [-0.4, -0.2) is 31.1 Å². The summed E-state index contributed by atoms with van der Waals surface area (Å²) in [7, 11) is 1.39. The Bertz CT molecular complexity index is 1070. The molecule has 32 heavy (non-hydrogen) atoms. The van der Waals surface area contributed by atoms with E-state index >= 15 is 0 Å². The molecular formula is C28H34O4. The maximum Gasteiger partial charge on any atom is 0.337 e. The van der Waals surface area contributed by atoms with Crippen molar-refractivity contribution in [2.75, 3.05) is 7.11 Å². The van der Waals surface area contributed by atoms with Crippen molar-refractivity contribution < 1.29 is 19.0 Å². The molecule has 2 aliphatic rings. The van der Waals surface area contributed by atoms with Crippen molar-refractivity contribution in [2.45, 2.75) is 77.3 Å². The minimum absolute atomic E-state index is 0.00844. The third kappa shape index (κ3) is 3.70. The molecule has 1 heterocycles. The fourth-order valence-electron chi connectivity index (χ4n) is 5.13. The van der Waals surface area contributed by atoms with Crippen LogP contribution in [0.25, 0.3) is 12.2 Å². The quantitative estimate of drug-likeness (QED) is 0.436. The smallest absolute Gasteiger partial charge is 0.337 e. The first-order valence-corrected chi connectivity index (χ1v) is 11.2. The highest BCUT2D eigenvalue weighted by Gasteiger charge is 2.59. The Kier molecular flexibility index (Phi) is 5.38. The average Bonchev–Trinajstić information content (AvgIpc) is 3.09. The molecule has 1 aliphatic heterocycles. The van der Waals surface area contributed by atoms with E-state index in [0.29, 0.717) is 5.56 Å². The van der Waals surface area contributed by atoms with E-state index in [9.17, 15) is 4.79 Å². The van der Waals surface area contributed by atoms with Crippen LogP contribution < -0.4 is 0 Å². The number of rotatable bonds is 3. The Morgan fingerprint density at radius 1 is 0.875 bits per heavy atom. The molecule has 1 aliphatic carbocycles. The number of hydrogen-bond acceptors (Lipinski definition) is 4. The number of benzene rings is 2. The molecule has 0 radical (unpaired) electrons. The summed E-state index contributed by atoms with van der Waals surface area (Å²) in [6, 6.07) is 12.1. The van der Waals surface area contributed by atoms with Gasteiger partial charge in [0.25, 0.3) is 0 Å². The highest BCUT2D eigenvalue weighted by Crippen LogP contribution is 2.53. The summed E-state index contributed by atoms with van der Waals surface area (Å²) < 4.78 is 17.6. The lowest BCUT2D eigenvalue weighted by molar-refractivity contribution is -0.153. The zero-order valence-corrected chi connectivity index (χ0v) is 20.4. The van der Waals surface area contributed by atoms with E-state index in [-0.39, 0.29) is 29.0 Å². The Morgan fingerprint density at radius 3 is 1.94 bits per heavy atom. The maximum atomic E-state index is 11.7. The largest absolute Gasteiger partial charge is 0.465 e. The fourth-order valence-corrected chi connectivity index (χ4v) is 5.13. The topological polar surface area (TPSA) is 44.8 Å². The highest BCUT2D eigenvalue weighted by molar-refractivity contribution is 5.89. The summed E-state index contributed by atoms with van der Waals surface area (Å²) in [6.07, 6.45) is 4.23. The second kappa shape index (κ2) is 7.57. The highest BCUT2D eigenvalue weighted by atomic mass is 16.8. The minimum atomic E-state index is -0.583. The molecule has 0 aromatic heterocycles. The molecular weight excluding hydrogens is 400 g/mol. The number of fused-ring (bicyclic) bond motifs is 2. The Hall–Kier alpha value is -2.43. The predicted octanol–water partition coefficient (Wildman–Crippen LogP) is 6.04. The van der Waals surface area contributed by atoms with Gasteiger partial charge in [0.15, 0.2) is 5.79 Å². The molecule has 4 heteroatoms. The fraction of sp³-hybridized carbons (Fsp3) is 0.464. The number of methoxy groups -OCH3 is 1. The van der Waals surface area contributed by atoms with E-state index in [4.69, 9.17) is 14.2 Å². The zero-order valence-electron chi connectivity index (χ0n) is 20.4.